The Morgan fingerprint density at radius 1 is 1.42 bits per heavy atom. The average Bonchev–Trinajstić information content (AvgIpc) is 2.47. The van der Waals surface area contributed by atoms with Crippen LogP contribution in [-0.4, -0.2) is 34.8 Å². The van der Waals surface area contributed by atoms with Crippen LogP contribution in [-0.2, 0) is 0 Å². The zero-order valence-corrected chi connectivity index (χ0v) is 10.7. The molecule has 1 atom stereocenters. The van der Waals surface area contributed by atoms with Crippen LogP contribution in [0, 0.1) is 5.92 Å². The van der Waals surface area contributed by atoms with Gasteiger partial charge in [-0.25, -0.2) is 4.98 Å². The topological polar surface area (TPSA) is 69.2 Å². The van der Waals surface area contributed by atoms with Crippen molar-refractivity contribution in [3.8, 4) is 0 Å². The lowest BCUT2D eigenvalue weighted by Crippen LogP contribution is -2.38. The Kier molecular flexibility index (Phi) is 3.21. The Hall–Kier alpha value is -1.88. The van der Waals surface area contributed by atoms with Crippen LogP contribution < -0.4 is 10.5 Å². The number of nitrogens with zero attached hydrogens (tertiary/aromatic N) is 2. The van der Waals surface area contributed by atoms with E-state index < -0.39 is 0 Å². The summed E-state index contributed by atoms with van der Waals surface area (Å²) in [5.74, 6) is 0.882. The quantitative estimate of drug-likeness (QED) is 0.848. The zero-order chi connectivity index (χ0) is 13.2. The summed E-state index contributed by atoms with van der Waals surface area (Å²) >= 11 is 0. The minimum Gasteiger partial charge on any atom is -0.396 e. The Morgan fingerprint density at radius 2 is 2.26 bits per heavy atom. The van der Waals surface area contributed by atoms with Gasteiger partial charge < -0.3 is 10.0 Å². The molecule has 100 valence electrons. The molecule has 0 spiro atoms. The number of rotatable bonds is 2. The van der Waals surface area contributed by atoms with Crippen LogP contribution in [0.25, 0.3) is 10.9 Å². The summed E-state index contributed by atoms with van der Waals surface area (Å²) in [5, 5.41) is 9.88. The molecule has 1 aromatic carbocycles. The average molecular weight is 259 g/mol. The van der Waals surface area contributed by atoms with Crippen LogP contribution in [0.1, 0.15) is 12.8 Å². The van der Waals surface area contributed by atoms with E-state index in [4.69, 9.17) is 0 Å². The number of hydrogen-bond acceptors (Lipinski definition) is 4. The van der Waals surface area contributed by atoms with E-state index in [0.717, 1.165) is 25.9 Å². The first-order chi connectivity index (χ1) is 9.28. The fourth-order valence-electron chi connectivity index (χ4n) is 2.63. The second-order valence-corrected chi connectivity index (χ2v) is 5.04. The number of aliphatic hydroxyl groups is 1. The van der Waals surface area contributed by atoms with Gasteiger partial charge in [-0.2, -0.15) is 0 Å². The van der Waals surface area contributed by atoms with E-state index in [1.54, 1.807) is 6.07 Å². The third-order valence-electron chi connectivity index (χ3n) is 3.68. The predicted molar refractivity (Wildman–Crippen MR) is 74.4 cm³/mol. The first-order valence-corrected chi connectivity index (χ1v) is 6.63. The highest BCUT2D eigenvalue weighted by molar-refractivity contribution is 5.78. The lowest BCUT2D eigenvalue weighted by molar-refractivity contribution is 0.208. The molecular formula is C14H17N3O2. The van der Waals surface area contributed by atoms with Gasteiger partial charge in [0.2, 0.25) is 5.95 Å². The molecule has 1 aliphatic rings. The van der Waals surface area contributed by atoms with E-state index in [0.29, 0.717) is 16.9 Å². The number of hydrogen-bond donors (Lipinski definition) is 2. The van der Waals surface area contributed by atoms with E-state index in [1.165, 1.54) is 0 Å². The number of benzene rings is 1. The van der Waals surface area contributed by atoms with Crippen LogP contribution in [0.4, 0.5) is 5.95 Å². The molecule has 0 amide bonds. The molecule has 5 heteroatoms. The van der Waals surface area contributed by atoms with Crippen molar-refractivity contribution < 1.29 is 5.11 Å². The van der Waals surface area contributed by atoms with Crippen molar-refractivity contribution in [2.45, 2.75) is 12.8 Å². The number of nitrogens with one attached hydrogen (secondary N) is 1. The summed E-state index contributed by atoms with van der Waals surface area (Å²) in [6.45, 7) is 1.81. The number of anilines is 1. The maximum absolute atomic E-state index is 12.0. The van der Waals surface area contributed by atoms with Gasteiger partial charge >= 0.3 is 0 Å². The highest BCUT2D eigenvalue weighted by Crippen LogP contribution is 2.20. The van der Waals surface area contributed by atoms with Gasteiger partial charge in [0.25, 0.3) is 5.56 Å². The Balaban J connectivity index is 1.99. The predicted octanol–water partition coefficient (Wildman–Crippen LogP) is 1.13. The van der Waals surface area contributed by atoms with Gasteiger partial charge in [-0.3, -0.25) is 9.78 Å². The largest absolute Gasteiger partial charge is 0.396 e. The number of piperidine rings is 1. The molecule has 2 heterocycles. The molecular weight excluding hydrogens is 242 g/mol. The molecule has 1 fully saturated rings. The molecule has 5 nitrogen and oxygen atoms in total. The number of fused-ring (bicyclic) bond motifs is 1. The maximum atomic E-state index is 12.0. The van der Waals surface area contributed by atoms with Crippen molar-refractivity contribution in [2.75, 3.05) is 24.6 Å². The molecule has 1 aromatic heterocycles. The molecule has 1 aliphatic heterocycles. The van der Waals surface area contributed by atoms with Crippen molar-refractivity contribution in [1.29, 1.82) is 0 Å². The van der Waals surface area contributed by atoms with E-state index in [-0.39, 0.29) is 18.1 Å². The lowest BCUT2D eigenvalue weighted by atomic mass is 9.99. The Morgan fingerprint density at radius 3 is 3.11 bits per heavy atom. The summed E-state index contributed by atoms with van der Waals surface area (Å²) in [5.41, 5.74) is 0.610. The number of aromatic nitrogens is 2. The van der Waals surface area contributed by atoms with Gasteiger partial charge in [0.15, 0.2) is 0 Å². The third kappa shape index (κ3) is 2.33. The van der Waals surface area contributed by atoms with Gasteiger partial charge in [-0.1, -0.05) is 12.1 Å². The summed E-state index contributed by atoms with van der Waals surface area (Å²) in [4.78, 5) is 21.4. The molecule has 19 heavy (non-hydrogen) atoms. The van der Waals surface area contributed by atoms with Gasteiger partial charge in [-0.05, 0) is 30.9 Å². The standard InChI is InChI=1S/C14H17N3O2/c18-9-10-4-3-7-17(8-10)14-15-12-6-2-1-5-11(12)13(19)16-14/h1-2,5-6,10,18H,3-4,7-9H2,(H,15,16,19). The van der Waals surface area contributed by atoms with Crippen molar-refractivity contribution in [2.24, 2.45) is 5.92 Å². The van der Waals surface area contributed by atoms with Gasteiger partial charge in [0.05, 0.1) is 10.9 Å². The highest BCUT2D eigenvalue weighted by Gasteiger charge is 2.21. The molecule has 0 bridgehead atoms. The van der Waals surface area contributed by atoms with Crippen LogP contribution in [0.5, 0.6) is 0 Å². The summed E-state index contributed by atoms with van der Waals surface area (Å²) in [6.07, 6.45) is 2.05. The molecule has 2 aromatic rings. The minimum atomic E-state index is -0.105. The number of H-pyrrole nitrogens is 1. The van der Waals surface area contributed by atoms with Crippen molar-refractivity contribution in [3.63, 3.8) is 0 Å². The van der Waals surface area contributed by atoms with Crippen LogP contribution in [0.2, 0.25) is 0 Å². The Bertz CT molecular complexity index is 638. The number of aliphatic hydroxyl groups excluding tert-OH is 1. The summed E-state index contributed by atoms with van der Waals surface area (Å²) in [6, 6.07) is 7.34. The van der Waals surface area contributed by atoms with Crippen molar-refractivity contribution in [1.82, 2.24) is 9.97 Å². The minimum absolute atomic E-state index is 0.105. The normalized spacial score (nSPS) is 19.8. The van der Waals surface area contributed by atoms with E-state index in [9.17, 15) is 9.90 Å². The van der Waals surface area contributed by atoms with Crippen LogP contribution >= 0.6 is 0 Å². The molecule has 0 radical (unpaired) electrons. The number of aromatic amines is 1. The second-order valence-electron chi connectivity index (χ2n) is 5.04. The molecule has 3 rings (SSSR count). The van der Waals surface area contributed by atoms with Crippen LogP contribution in [0.15, 0.2) is 29.1 Å². The molecule has 2 N–H and O–H groups in total. The molecule has 0 saturated carbocycles. The van der Waals surface area contributed by atoms with Gasteiger partial charge in [-0.15, -0.1) is 0 Å². The zero-order valence-electron chi connectivity index (χ0n) is 10.7. The SMILES string of the molecule is O=c1[nH]c(N2CCCC(CO)C2)nc2ccccc12. The van der Waals surface area contributed by atoms with Gasteiger partial charge in [0, 0.05) is 19.7 Å². The van der Waals surface area contributed by atoms with Crippen molar-refractivity contribution in [3.05, 3.63) is 34.6 Å². The van der Waals surface area contributed by atoms with Crippen molar-refractivity contribution >= 4 is 16.9 Å². The summed E-state index contributed by atoms with van der Waals surface area (Å²) < 4.78 is 0. The smallest absolute Gasteiger partial charge is 0.260 e. The first kappa shape index (κ1) is 12.2. The first-order valence-electron chi connectivity index (χ1n) is 6.63. The number of para-hydroxylation sites is 1. The lowest BCUT2D eigenvalue weighted by Gasteiger charge is -2.32. The summed E-state index contributed by atoms with van der Waals surface area (Å²) in [7, 11) is 0. The second kappa shape index (κ2) is 5.01. The van der Waals surface area contributed by atoms with Crippen LogP contribution in [0.3, 0.4) is 0 Å². The highest BCUT2D eigenvalue weighted by atomic mass is 16.3. The van der Waals surface area contributed by atoms with E-state index >= 15 is 0 Å². The molecule has 0 aliphatic carbocycles. The fourth-order valence-corrected chi connectivity index (χ4v) is 2.63. The maximum Gasteiger partial charge on any atom is 0.260 e. The third-order valence-corrected chi connectivity index (χ3v) is 3.68. The monoisotopic (exact) mass is 259 g/mol. The Labute approximate surface area is 110 Å². The van der Waals surface area contributed by atoms with E-state index in [1.807, 2.05) is 18.2 Å². The fraction of sp³-hybridized carbons (Fsp3) is 0.429. The van der Waals surface area contributed by atoms with E-state index in [2.05, 4.69) is 14.9 Å². The molecule has 1 saturated heterocycles. The van der Waals surface area contributed by atoms with Gasteiger partial charge in [0.1, 0.15) is 0 Å². The molecule has 1 unspecified atom stereocenters.